The molecule has 2 aromatic carbocycles. The Kier molecular flexibility index (Phi) is 8.15. The molecule has 1 unspecified atom stereocenters. The lowest BCUT2D eigenvalue weighted by Crippen LogP contribution is -2.49. The average molecular weight is 478 g/mol. The third-order valence-electron chi connectivity index (χ3n) is 6.43. The van der Waals surface area contributed by atoms with E-state index in [0.717, 1.165) is 43.1 Å². The van der Waals surface area contributed by atoms with Crippen LogP contribution in [0.25, 0.3) is 11.4 Å². The van der Waals surface area contributed by atoms with Crippen LogP contribution in [-0.4, -0.2) is 65.7 Å². The van der Waals surface area contributed by atoms with Crippen molar-refractivity contribution in [3.63, 3.8) is 0 Å². The van der Waals surface area contributed by atoms with Gasteiger partial charge in [-0.25, -0.2) is 0 Å². The number of aromatic nitrogens is 2. The van der Waals surface area contributed by atoms with Crippen LogP contribution in [0.1, 0.15) is 36.9 Å². The summed E-state index contributed by atoms with van der Waals surface area (Å²) in [7, 11) is 1.65. The number of nitrogens with zero attached hydrogens (tertiary/aromatic N) is 4. The molecule has 1 atom stereocenters. The van der Waals surface area contributed by atoms with Crippen LogP contribution in [0.4, 0.5) is 0 Å². The molecule has 1 fully saturated rings. The molecule has 0 bridgehead atoms. The molecule has 1 N–H and O–H groups in total. The first-order valence-electron chi connectivity index (χ1n) is 12.2. The lowest BCUT2D eigenvalue weighted by molar-refractivity contribution is -0.123. The van der Waals surface area contributed by atoms with Gasteiger partial charge in [-0.1, -0.05) is 61.0 Å². The van der Waals surface area contributed by atoms with E-state index in [1.807, 2.05) is 48.5 Å². The standard InChI is InChI=1S/C27H35N5O3/c1-19(2)26(21-9-11-23(34-4)12-10-21)28-24(33)17-31-13-15-32(16-14-31)18-25-29-27(30-35-25)22-7-5-20(3)6-8-22/h5-12,19,26H,13-18H2,1-4H3,(H,28,33). The number of ether oxygens (including phenoxy) is 1. The van der Waals surface area contributed by atoms with Crippen LogP contribution in [0.5, 0.6) is 5.75 Å². The van der Waals surface area contributed by atoms with Gasteiger partial charge in [0.25, 0.3) is 0 Å². The molecular formula is C27H35N5O3. The minimum absolute atomic E-state index is 0.0325. The number of piperazine rings is 1. The number of hydrogen-bond donors (Lipinski definition) is 1. The number of carbonyl (C=O) groups is 1. The predicted octanol–water partition coefficient (Wildman–Crippen LogP) is 3.68. The van der Waals surface area contributed by atoms with E-state index in [9.17, 15) is 4.79 Å². The molecule has 4 rings (SSSR count). The van der Waals surface area contributed by atoms with E-state index in [2.05, 4.69) is 46.0 Å². The molecule has 35 heavy (non-hydrogen) atoms. The second-order valence-electron chi connectivity index (χ2n) is 9.49. The van der Waals surface area contributed by atoms with Crippen molar-refractivity contribution in [1.29, 1.82) is 0 Å². The molecule has 2 heterocycles. The Labute approximate surface area is 207 Å². The summed E-state index contributed by atoms with van der Waals surface area (Å²) in [5, 5.41) is 7.35. The fourth-order valence-corrected chi connectivity index (χ4v) is 4.30. The molecule has 0 saturated carbocycles. The highest BCUT2D eigenvalue weighted by molar-refractivity contribution is 5.78. The Balaban J connectivity index is 1.25. The molecule has 3 aromatic rings. The van der Waals surface area contributed by atoms with E-state index >= 15 is 0 Å². The van der Waals surface area contributed by atoms with Gasteiger partial charge in [0.05, 0.1) is 26.2 Å². The average Bonchev–Trinajstić information content (AvgIpc) is 3.32. The van der Waals surface area contributed by atoms with Gasteiger partial charge in [-0.2, -0.15) is 4.98 Å². The summed E-state index contributed by atoms with van der Waals surface area (Å²) in [6, 6.07) is 16.0. The topological polar surface area (TPSA) is 83.7 Å². The van der Waals surface area contributed by atoms with Crippen LogP contribution < -0.4 is 10.1 Å². The first kappa shape index (κ1) is 24.9. The van der Waals surface area contributed by atoms with Crippen molar-refractivity contribution in [2.24, 2.45) is 5.92 Å². The molecule has 186 valence electrons. The van der Waals surface area contributed by atoms with Crippen molar-refractivity contribution in [2.75, 3.05) is 39.8 Å². The normalized spacial score (nSPS) is 15.8. The molecule has 1 saturated heterocycles. The van der Waals surface area contributed by atoms with Crippen molar-refractivity contribution < 1.29 is 14.1 Å². The van der Waals surface area contributed by atoms with E-state index < -0.39 is 0 Å². The molecule has 1 amide bonds. The molecular weight excluding hydrogens is 442 g/mol. The third-order valence-corrected chi connectivity index (χ3v) is 6.43. The molecule has 8 heteroatoms. The van der Waals surface area contributed by atoms with Gasteiger partial charge in [-0.05, 0) is 30.5 Å². The molecule has 8 nitrogen and oxygen atoms in total. The minimum atomic E-state index is -0.0325. The Bertz CT molecular complexity index is 1090. The van der Waals surface area contributed by atoms with Gasteiger partial charge in [0.15, 0.2) is 0 Å². The maximum atomic E-state index is 12.8. The first-order valence-corrected chi connectivity index (χ1v) is 12.2. The molecule has 0 radical (unpaired) electrons. The zero-order chi connectivity index (χ0) is 24.8. The van der Waals surface area contributed by atoms with Crippen LogP contribution in [-0.2, 0) is 11.3 Å². The number of methoxy groups -OCH3 is 1. The fourth-order valence-electron chi connectivity index (χ4n) is 4.30. The summed E-state index contributed by atoms with van der Waals surface area (Å²) in [6.45, 7) is 10.6. The van der Waals surface area contributed by atoms with Gasteiger partial charge >= 0.3 is 0 Å². The summed E-state index contributed by atoms with van der Waals surface area (Å²) in [5.41, 5.74) is 3.24. The van der Waals surface area contributed by atoms with Gasteiger partial charge in [0, 0.05) is 31.7 Å². The van der Waals surface area contributed by atoms with Crippen molar-refractivity contribution in [3.05, 3.63) is 65.5 Å². The van der Waals surface area contributed by atoms with Gasteiger partial charge in [-0.15, -0.1) is 0 Å². The maximum absolute atomic E-state index is 12.8. The summed E-state index contributed by atoms with van der Waals surface area (Å²) < 4.78 is 10.7. The first-order chi connectivity index (χ1) is 16.9. The minimum Gasteiger partial charge on any atom is -0.497 e. The van der Waals surface area contributed by atoms with Crippen molar-refractivity contribution in [3.8, 4) is 17.1 Å². The van der Waals surface area contributed by atoms with Crippen LogP contribution in [0.15, 0.2) is 53.1 Å². The number of carbonyl (C=O) groups excluding carboxylic acids is 1. The fraction of sp³-hybridized carbons (Fsp3) is 0.444. The predicted molar refractivity (Wildman–Crippen MR) is 135 cm³/mol. The zero-order valence-corrected chi connectivity index (χ0v) is 21.0. The van der Waals surface area contributed by atoms with Gasteiger partial charge in [0.2, 0.25) is 17.6 Å². The quantitative estimate of drug-likeness (QED) is 0.503. The second-order valence-corrected chi connectivity index (χ2v) is 9.49. The third kappa shape index (κ3) is 6.68. The number of benzene rings is 2. The molecule has 1 aromatic heterocycles. The maximum Gasteiger partial charge on any atom is 0.241 e. The summed E-state index contributed by atoms with van der Waals surface area (Å²) in [5.74, 6) is 2.38. The number of nitrogens with one attached hydrogen (secondary N) is 1. The summed E-state index contributed by atoms with van der Waals surface area (Å²) in [6.07, 6.45) is 0. The van der Waals surface area contributed by atoms with E-state index in [0.29, 0.717) is 24.8 Å². The largest absolute Gasteiger partial charge is 0.497 e. The van der Waals surface area contributed by atoms with Gasteiger partial charge < -0.3 is 14.6 Å². The van der Waals surface area contributed by atoms with Gasteiger partial charge in [0.1, 0.15) is 5.75 Å². The van der Waals surface area contributed by atoms with Crippen LogP contribution in [0, 0.1) is 12.8 Å². The van der Waals surface area contributed by atoms with E-state index in [1.165, 1.54) is 5.56 Å². The summed E-state index contributed by atoms with van der Waals surface area (Å²) >= 11 is 0. The highest BCUT2D eigenvalue weighted by Crippen LogP contribution is 2.24. The number of amides is 1. The molecule has 1 aliphatic rings. The van der Waals surface area contributed by atoms with E-state index in [-0.39, 0.29) is 17.9 Å². The Morgan fingerprint density at radius 3 is 2.31 bits per heavy atom. The lowest BCUT2D eigenvalue weighted by Gasteiger charge is -2.34. The SMILES string of the molecule is COc1ccc(C(NC(=O)CN2CCN(Cc3nc(-c4ccc(C)cc4)no3)CC2)C(C)C)cc1. The molecule has 0 aliphatic carbocycles. The molecule has 0 spiro atoms. The zero-order valence-electron chi connectivity index (χ0n) is 21.0. The lowest BCUT2D eigenvalue weighted by atomic mass is 9.96. The number of rotatable bonds is 9. The van der Waals surface area contributed by atoms with Crippen molar-refractivity contribution in [1.82, 2.24) is 25.3 Å². The van der Waals surface area contributed by atoms with Crippen molar-refractivity contribution in [2.45, 2.75) is 33.4 Å². The van der Waals surface area contributed by atoms with E-state index in [1.54, 1.807) is 7.11 Å². The monoisotopic (exact) mass is 477 g/mol. The number of aryl methyl sites for hydroxylation is 1. The summed E-state index contributed by atoms with van der Waals surface area (Å²) in [4.78, 5) is 21.9. The molecule has 1 aliphatic heterocycles. The van der Waals surface area contributed by atoms with Crippen LogP contribution in [0.3, 0.4) is 0 Å². The Hall–Kier alpha value is -3.23. The number of hydrogen-bond acceptors (Lipinski definition) is 7. The van der Waals surface area contributed by atoms with E-state index in [4.69, 9.17) is 9.26 Å². The van der Waals surface area contributed by atoms with Gasteiger partial charge in [-0.3, -0.25) is 14.6 Å². The highest BCUT2D eigenvalue weighted by atomic mass is 16.5. The van der Waals surface area contributed by atoms with Crippen molar-refractivity contribution >= 4 is 5.91 Å². The smallest absolute Gasteiger partial charge is 0.241 e. The van der Waals surface area contributed by atoms with Crippen LogP contribution in [0.2, 0.25) is 0 Å². The Morgan fingerprint density at radius 1 is 1.03 bits per heavy atom. The second kappa shape index (κ2) is 11.5. The highest BCUT2D eigenvalue weighted by Gasteiger charge is 2.23. The Morgan fingerprint density at radius 2 is 1.69 bits per heavy atom. The van der Waals surface area contributed by atoms with Crippen LogP contribution >= 0.6 is 0 Å².